The van der Waals surface area contributed by atoms with E-state index in [2.05, 4.69) is 43.6 Å². The van der Waals surface area contributed by atoms with Crippen molar-refractivity contribution in [3.05, 3.63) is 69.7 Å². The van der Waals surface area contributed by atoms with E-state index in [1.807, 2.05) is 37.3 Å². The van der Waals surface area contributed by atoms with E-state index < -0.39 is 0 Å². The molecule has 24 heavy (non-hydrogen) atoms. The number of nitrogens with one attached hydrogen (secondary N) is 1. The average molecular weight is 420 g/mol. The molecule has 0 aliphatic heterocycles. The van der Waals surface area contributed by atoms with Crippen molar-refractivity contribution in [2.24, 2.45) is 0 Å². The Bertz CT molecular complexity index is 849. The van der Waals surface area contributed by atoms with Crippen LogP contribution in [-0.4, -0.2) is 16.1 Å². The summed E-state index contributed by atoms with van der Waals surface area (Å²) in [5.41, 5.74) is 2.88. The highest BCUT2D eigenvalue weighted by atomic mass is 79.9. The van der Waals surface area contributed by atoms with Crippen molar-refractivity contribution in [2.45, 2.75) is 17.0 Å². The molecule has 0 unspecified atom stereocenters. The third kappa shape index (κ3) is 4.66. The second-order valence-corrected chi connectivity index (χ2v) is 8.23. The summed E-state index contributed by atoms with van der Waals surface area (Å²) in [7, 11) is 0. The number of halogens is 1. The first-order valence-corrected chi connectivity index (χ1v) is 9.78. The molecule has 0 radical (unpaired) electrons. The average Bonchev–Trinajstić information content (AvgIpc) is 3.02. The van der Waals surface area contributed by atoms with Crippen LogP contribution in [0.2, 0.25) is 0 Å². The van der Waals surface area contributed by atoms with Gasteiger partial charge in [-0.2, -0.15) is 0 Å². The molecule has 4 nitrogen and oxygen atoms in total. The van der Waals surface area contributed by atoms with Crippen molar-refractivity contribution < 1.29 is 4.79 Å². The molecule has 0 saturated heterocycles. The lowest BCUT2D eigenvalue weighted by Gasteiger charge is -2.01. The molecule has 0 fully saturated rings. The van der Waals surface area contributed by atoms with Crippen LogP contribution in [0, 0.1) is 6.92 Å². The number of hydrogen-bond acceptors (Lipinski definition) is 5. The van der Waals surface area contributed by atoms with E-state index in [1.54, 1.807) is 17.8 Å². The quantitative estimate of drug-likeness (QED) is 0.458. The van der Waals surface area contributed by atoms with Gasteiger partial charge in [0.2, 0.25) is 5.13 Å². The lowest BCUT2D eigenvalue weighted by molar-refractivity contribution is 0.102. The Kier molecular flexibility index (Phi) is 5.65. The zero-order chi connectivity index (χ0) is 16.9. The van der Waals surface area contributed by atoms with Crippen LogP contribution in [0.5, 0.6) is 0 Å². The van der Waals surface area contributed by atoms with Gasteiger partial charge in [0.1, 0.15) is 0 Å². The molecule has 0 spiro atoms. The molecular weight excluding hydrogens is 406 g/mol. The number of carbonyl (C=O) groups excluding carboxylic acids is 1. The van der Waals surface area contributed by atoms with E-state index >= 15 is 0 Å². The first-order chi connectivity index (χ1) is 11.6. The summed E-state index contributed by atoms with van der Waals surface area (Å²) in [4.78, 5) is 12.2. The fourth-order valence-corrected chi connectivity index (χ4v) is 3.97. The molecule has 0 aliphatic carbocycles. The number of amides is 1. The lowest BCUT2D eigenvalue weighted by Crippen LogP contribution is -2.11. The first kappa shape index (κ1) is 17.1. The van der Waals surface area contributed by atoms with Gasteiger partial charge in [-0.25, -0.2) is 0 Å². The molecule has 1 amide bonds. The highest BCUT2D eigenvalue weighted by molar-refractivity contribution is 9.10. The Morgan fingerprint density at radius 1 is 1.21 bits per heavy atom. The first-order valence-electron chi connectivity index (χ1n) is 7.19. The summed E-state index contributed by atoms with van der Waals surface area (Å²) in [5.74, 6) is 0.646. The Morgan fingerprint density at radius 3 is 2.75 bits per heavy atom. The van der Waals surface area contributed by atoms with E-state index in [4.69, 9.17) is 0 Å². The molecule has 0 aliphatic rings. The maximum Gasteiger partial charge on any atom is 0.257 e. The van der Waals surface area contributed by atoms with Crippen LogP contribution >= 0.6 is 39.0 Å². The Labute approximate surface area is 156 Å². The predicted molar refractivity (Wildman–Crippen MR) is 103 cm³/mol. The van der Waals surface area contributed by atoms with Crippen molar-refractivity contribution in [1.29, 1.82) is 0 Å². The summed E-state index contributed by atoms with van der Waals surface area (Å²) < 4.78 is 1.89. The van der Waals surface area contributed by atoms with Crippen LogP contribution in [0.4, 0.5) is 5.13 Å². The molecule has 0 saturated carbocycles. The lowest BCUT2D eigenvalue weighted by atomic mass is 10.1. The number of aromatic nitrogens is 2. The SMILES string of the molecule is Cc1cccc(C(=O)Nc2nnc(SCc3ccc(Br)cc3)s2)c1. The van der Waals surface area contributed by atoms with Crippen LogP contribution in [0.25, 0.3) is 0 Å². The monoisotopic (exact) mass is 419 g/mol. The number of rotatable bonds is 5. The third-order valence-electron chi connectivity index (χ3n) is 3.18. The standard InChI is InChI=1S/C17H14BrN3OS2/c1-11-3-2-4-13(9-11)15(22)19-16-20-21-17(24-16)23-10-12-5-7-14(18)8-6-12/h2-9H,10H2,1H3,(H,19,20,22). The molecule has 122 valence electrons. The molecule has 0 bridgehead atoms. The van der Waals surface area contributed by atoms with E-state index in [1.165, 1.54) is 16.9 Å². The normalized spacial score (nSPS) is 10.6. The molecule has 3 aromatic rings. The van der Waals surface area contributed by atoms with E-state index in [0.29, 0.717) is 10.7 Å². The minimum Gasteiger partial charge on any atom is -0.296 e. The van der Waals surface area contributed by atoms with Gasteiger partial charge in [-0.05, 0) is 36.8 Å². The molecule has 2 aromatic carbocycles. The van der Waals surface area contributed by atoms with E-state index in [0.717, 1.165) is 20.1 Å². The third-order valence-corrected chi connectivity index (χ3v) is 5.75. The number of nitrogens with zero attached hydrogens (tertiary/aromatic N) is 2. The second-order valence-electron chi connectivity index (χ2n) is 5.11. The van der Waals surface area contributed by atoms with Gasteiger partial charge >= 0.3 is 0 Å². The topological polar surface area (TPSA) is 54.9 Å². The van der Waals surface area contributed by atoms with Crippen molar-refractivity contribution in [3.8, 4) is 0 Å². The zero-order valence-electron chi connectivity index (χ0n) is 12.8. The Hall–Kier alpha value is -1.70. The van der Waals surface area contributed by atoms with Crippen LogP contribution in [0.15, 0.2) is 57.3 Å². The fourth-order valence-electron chi connectivity index (χ4n) is 2.00. The smallest absolute Gasteiger partial charge is 0.257 e. The summed E-state index contributed by atoms with van der Waals surface area (Å²) in [6.45, 7) is 1.96. The van der Waals surface area contributed by atoms with E-state index in [9.17, 15) is 4.79 Å². The predicted octanol–water partition coefficient (Wildman–Crippen LogP) is 5.15. The number of aryl methyl sites for hydroxylation is 1. The summed E-state index contributed by atoms with van der Waals surface area (Å²) in [6, 6.07) is 15.6. The molecular formula is C17H14BrN3OS2. The van der Waals surface area contributed by atoms with Gasteiger partial charge in [-0.15, -0.1) is 10.2 Å². The molecule has 0 atom stereocenters. The maximum atomic E-state index is 12.2. The number of carbonyl (C=O) groups is 1. The Balaban J connectivity index is 1.59. The fraction of sp³-hybridized carbons (Fsp3) is 0.118. The van der Waals surface area contributed by atoms with Gasteiger partial charge < -0.3 is 0 Å². The molecule has 3 rings (SSSR count). The van der Waals surface area contributed by atoms with Crippen LogP contribution in [0.1, 0.15) is 21.5 Å². The van der Waals surface area contributed by atoms with Crippen molar-refractivity contribution >= 4 is 50.1 Å². The molecule has 1 heterocycles. The van der Waals surface area contributed by atoms with Gasteiger partial charge in [-0.3, -0.25) is 10.1 Å². The van der Waals surface area contributed by atoms with Gasteiger partial charge in [0.25, 0.3) is 5.91 Å². The van der Waals surface area contributed by atoms with Gasteiger partial charge in [0, 0.05) is 15.8 Å². The number of benzene rings is 2. The number of hydrogen-bond donors (Lipinski definition) is 1. The van der Waals surface area contributed by atoms with Crippen LogP contribution in [0.3, 0.4) is 0 Å². The van der Waals surface area contributed by atoms with Gasteiger partial charge in [0.05, 0.1) is 0 Å². The highest BCUT2D eigenvalue weighted by Crippen LogP contribution is 2.28. The molecule has 1 aromatic heterocycles. The maximum absolute atomic E-state index is 12.2. The second kappa shape index (κ2) is 7.92. The number of anilines is 1. The van der Waals surface area contributed by atoms with Crippen molar-refractivity contribution in [1.82, 2.24) is 10.2 Å². The van der Waals surface area contributed by atoms with Crippen LogP contribution in [-0.2, 0) is 5.75 Å². The minimum atomic E-state index is -0.167. The zero-order valence-corrected chi connectivity index (χ0v) is 16.0. The number of thioether (sulfide) groups is 1. The molecule has 7 heteroatoms. The summed E-state index contributed by atoms with van der Waals surface area (Å²) in [6.07, 6.45) is 0. The highest BCUT2D eigenvalue weighted by Gasteiger charge is 2.10. The Morgan fingerprint density at radius 2 is 2.00 bits per heavy atom. The summed E-state index contributed by atoms with van der Waals surface area (Å²) in [5, 5.41) is 11.5. The summed E-state index contributed by atoms with van der Waals surface area (Å²) >= 11 is 6.41. The van der Waals surface area contributed by atoms with E-state index in [-0.39, 0.29) is 5.91 Å². The van der Waals surface area contributed by atoms with Crippen molar-refractivity contribution in [3.63, 3.8) is 0 Å². The molecule has 1 N–H and O–H groups in total. The van der Waals surface area contributed by atoms with Gasteiger partial charge in [-0.1, -0.05) is 68.9 Å². The minimum absolute atomic E-state index is 0.167. The largest absolute Gasteiger partial charge is 0.296 e. The van der Waals surface area contributed by atoms with Crippen molar-refractivity contribution in [2.75, 3.05) is 5.32 Å². The van der Waals surface area contributed by atoms with Crippen LogP contribution < -0.4 is 5.32 Å². The van der Waals surface area contributed by atoms with Gasteiger partial charge in [0.15, 0.2) is 4.34 Å².